The van der Waals surface area contributed by atoms with E-state index < -0.39 is 5.82 Å². The molecule has 4 heteroatoms. The molecule has 94 valence electrons. The van der Waals surface area contributed by atoms with Crippen LogP contribution in [0.5, 0.6) is 0 Å². The molecular formula is C15H8BrFO2. The van der Waals surface area contributed by atoms with Crippen LogP contribution in [-0.4, -0.2) is 0 Å². The maximum absolute atomic E-state index is 13.1. The van der Waals surface area contributed by atoms with Gasteiger partial charge in [0.05, 0.1) is 5.39 Å². The Kier molecular flexibility index (Phi) is 2.95. The van der Waals surface area contributed by atoms with Gasteiger partial charge in [0.15, 0.2) is 5.43 Å². The highest BCUT2D eigenvalue weighted by atomic mass is 79.9. The van der Waals surface area contributed by atoms with E-state index >= 15 is 0 Å². The Balaban J connectivity index is 2.31. The number of hydrogen-bond donors (Lipinski definition) is 0. The third kappa shape index (κ3) is 2.19. The smallest absolute Gasteiger partial charge is 0.193 e. The number of rotatable bonds is 1. The molecular weight excluding hydrogens is 311 g/mol. The maximum Gasteiger partial charge on any atom is 0.193 e. The molecule has 0 spiro atoms. The number of fused-ring (bicyclic) bond motifs is 1. The first-order valence-electron chi connectivity index (χ1n) is 5.63. The second-order valence-electron chi connectivity index (χ2n) is 4.10. The van der Waals surface area contributed by atoms with Crippen LogP contribution in [-0.2, 0) is 0 Å². The lowest BCUT2D eigenvalue weighted by atomic mass is 10.1. The van der Waals surface area contributed by atoms with Crippen LogP contribution in [0.4, 0.5) is 4.39 Å². The van der Waals surface area contributed by atoms with Crippen molar-refractivity contribution in [1.29, 1.82) is 0 Å². The molecule has 0 aliphatic heterocycles. The number of halogens is 2. The van der Waals surface area contributed by atoms with Gasteiger partial charge in [0.1, 0.15) is 17.2 Å². The van der Waals surface area contributed by atoms with E-state index in [9.17, 15) is 9.18 Å². The predicted octanol–water partition coefficient (Wildman–Crippen LogP) is 4.36. The molecule has 0 amide bonds. The zero-order valence-corrected chi connectivity index (χ0v) is 11.3. The van der Waals surface area contributed by atoms with Crippen molar-refractivity contribution < 1.29 is 8.81 Å². The van der Waals surface area contributed by atoms with Crippen LogP contribution in [0.25, 0.3) is 22.3 Å². The lowest BCUT2D eigenvalue weighted by Gasteiger charge is -2.05. The fraction of sp³-hybridized carbons (Fsp3) is 0. The first-order chi connectivity index (χ1) is 9.15. The van der Waals surface area contributed by atoms with E-state index in [1.165, 1.54) is 24.3 Å². The van der Waals surface area contributed by atoms with Crippen LogP contribution in [0, 0.1) is 5.82 Å². The minimum absolute atomic E-state index is 0.246. The molecule has 0 aliphatic rings. The summed E-state index contributed by atoms with van der Waals surface area (Å²) in [6, 6.07) is 12.7. The molecule has 0 saturated heterocycles. The molecule has 1 heterocycles. The maximum atomic E-state index is 13.1. The normalized spacial score (nSPS) is 10.8. The fourth-order valence-electron chi connectivity index (χ4n) is 1.92. The molecule has 0 aliphatic carbocycles. The SMILES string of the molecule is O=c1cc(-c2ccccc2Br)oc2ccc(F)cc12. The summed E-state index contributed by atoms with van der Waals surface area (Å²) in [6.07, 6.45) is 0. The third-order valence-corrected chi connectivity index (χ3v) is 3.52. The van der Waals surface area contributed by atoms with Crippen LogP contribution in [0.3, 0.4) is 0 Å². The standard InChI is InChI=1S/C15H8BrFO2/c16-12-4-2-1-3-10(12)15-8-13(18)11-7-9(17)5-6-14(11)19-15/h1-8H. The highest BCUT2D eigenvalue weighted by molar-refractivity contribution is 9.10. The van der Waals surface area contributed by atoms with Gasteiger partial charge in [0.2, 0.25) is 0 Å². The Morgan fingerprint density at radius 3 is 2.63 bits per heavy atom. The van der Waals surface area contributed by atoms with E-state index in [2.05, 4.69) is 15.9 Å². The minimum Gasteiger partial charge on any atom is -0.456 e. The first kappa shape index (κ1) is 12.1. The molecule has 0 saturated carbocycles. The average molecular weight is 319 g/mol. The summed E-state index contributed by atoms with van der Waals surface area (Å²) in [5, 5.41) is 0.246. The van der Waals surface area contributed by atoms with Crippen molar-refractivity contribution in [2.24, 2.45) is 0 Å². The quantitative estimate of drug-likeness (QED) is 0.667. The van der Waals surface area contributed by atoms with Crippen molar-refractivity contribution in [3.05, 3.63) is 69.0 Å². The zero-order chi connectivity index (χ0) is 13.4. The van der Waals surface area contributed by atoms with Crippen LogP contribution in [0.2, 0.25) is 0 Å². The molecule has 0 N–H and O–H groups in total. The van der Waals surface area contributed by atoms with Gasteiger partial charge < -0.3 is 4.42 Å². The lowest BCUT2D eigenvalue weighted by molar-refractivity contribution is 0.608. The molecule has 3 aromatic rings. The van der Waals surface area contributed by atoms with E-state index in [0.717, 1.165) is 10.0 Å². The Labute approximate surface area is 116 Å². The minimum atomic E-state index is -0.451. The van der Waals surface area contributed by atoms with E-state index in [1.54, 1.807) is 0 Å². The Morgan fingerprint density at radius 2 is 1.84 bits per heavy atom. The van der Waals surface area contributed by atoms with E-state index in [0.29, 0.717) is 11.3 Å². The van der Waals surface area contributed by atoms with Crippen molar-refractivity contribution >= 4 is 26.9 Å². The molecule has 1 aromatic heterocycles. The van der Waals surface area contributed by atoms with Crippen molar-refractivity contribution in [2.45, 2.75) is 0 Å². The summed E-state index contributed by atoms with van der Waals surface area (Å²) in [7, 11) is 0. The molecule has 0 bridgehead atoms. The van der Waals surface area contributed by atoms with Crippen LogP contribution in [0.15, 0.2) is 62.2 Å². The van der Waals surface area contributed by atoms with Crippen LogP contribution in [0.1, 0.15) is 0 Å². The van der Waals surface area contributed by atoms with Gasteiger partial charge in [-0.2, -0.15) is 0 Å². The summed E-state index contributed by atoms with van der Waals surface area (Å²) in [5.74, 6) is 0.00465. The zero-order valence-electron chi connectivity index (χ0n) is 9.69. The predicted molar refractivity (Wildman–Crippen MR) is 75.6 cm³/mol. The van der Waals surface area contributed by atoms with E-state index in [1.807, 2.05) is 24.3 Å². The number of hydrogen-bond acceptors (Lipinski definition) is 2. The molecule has 2 aromatic carbocycles. The molecule has 3 rings (SSSR count). The molecule has 0 atom stereocenters. The summed E-state index contributed by atoms with van der Waals surface area (Å²) in [5.41, 5.74) is 0.900. The van der Waals surface area contributed by atoms with Gasteiger partial charge in [0, 0.05) is 16.1 Å². The van der Waals surface area contributed by atoms with Crippen LogP contribution >= 0.6 is 15.9 Å². The van der Waals surface area contributed by atoms with Crippen molar-refractivity contribution in [2.75, 3.05) is 0 Å². The summed E-state index contributed by atoms with van der Waals surface area (Å²) < 4.78 is 19.6. The summed E-state index contributed by atoms with van der Waals surface area (Å²) in [6.45, 7) is 0. The van der Waals surface area contributed by atoms with Gasteiger partial charge in [0.25, 0.3) is 0 Å². The van der Waals surface area contributed by atoms with Gasteiger partial charge in [-0.05, 0) is 24.3 Å². The molecule has 0 fully saturated rings. The second-order valence-corrected chi connectivity index (χ2v) is 4.95. The highest BCUT2D eigenvalue weighted by Gasteiger charge is 2.09. The summed E-state index contributed by atoms with van der Waals surface area (Å²) in [4.78, 5) is 12.0. The van der Waals surface area contributed by atoms with Gasteiger partial charge in [-0.15, -0.1) is 0 Å². The molecule has 2 nitrogen and oxygen atoms in total. The monoisotopic (exact) mass is 318 g/mol. The fourth-order valence-corrected chi connectivity index (χ4v) is 2.40. The average Bonchev–Trinajstić information content (AvgIpc) is 2.40. The summed E-state index contributed by atoms with van der Waals surface area (Å²) >= 11 is 3.41. The number of benzene rings is 2. The topological polar surface area (TPSA) is 30.2 Å². The third-order valence-electron chi connectivity index (χ3n) is 2.83. The van der Waals surface area contributed by atoms with Gasteiger partial charge >= 0.3 is 0 Å². The largest absolute Gasteiger partial charge is 0.456 e. The van der Waals surface area contributed by atoms with Crippen molar-refractivity contribution in [1.82, 2.24) is 0 Å². The Bertz CT molecular complexity index is 824. The Morgan fingerprint density at radius 1 is 1.05 bits per heavy atom. The molecule has 0 radical (unpaired) electrons. The van der Waals surface area contributed by atoms with Gasteiger partial charge in [-0.25, -0.2) is 4.39 Å². The molecule has 19 heavy (non-hydrogen) atoms. The van der Waals surface area contributed by atoms with E-state index in [-0.39, 0.29) is 10.8 Å². The van der Waals surface area contributed by atoms with E-state index in [4.69, 9.17) is 4.42 Å². The van der Waals surface area contributed by atoms with Gasteiger partial charge in [-0.1, -0.05) is 34.1 Å². The molecule has 0 unspecified atom stereocenters. The van der Waals surface area contributed by atoms with Gasteiger partial charge in [-0.3, -0.25) is 4.79 Å². The first-order valence-corrected chi connectivity index (χ1v) is 6.43. The highest BCUT2D eigenvalue weighted by Crippen LogP contribution is 2.28. The van der Waals surface area contributed by atoms with Crippen LogP contribution < -0.4 is 5.43 Å². The Hall–Kier alpha value is -1.94. The van der Waals surface area contributed by atoms with Crippen molar-refractivity contribution in [3.63, 3.8) is 0 Å². The second kappa shape index (κ2) is 4.63. The van der Waals surface area contributed by atoms with Crippen molar-refractivity contribution in [3.8, 4) is 11.3 Å². The lowest BCUT2D eigenvalue weighted by Crippen LogP contribution is -2.00.